The molecule has 0 aliphatic carbocycles. The quantitative estimate of drug-likeness (QED) is 0.795. The first-order valence-corrected chi connectivity index (χ1v) is 9.38. The van der Waals surface area contributed by atoms with Gasteiger partial charge in [0.2, 0.25) is 0 Å². The highest BCUT2D eigenvalue weighted by atomic mass is 16.3. The van der Waals surface area contributed by atoms with Gasteiger partial charge < -0.3 is 15.3 Å². The molecule has 26 heavy (non-hydrogen) atoms. The normalized spacial score (nSPS) is 18.3. The Morgan fingerprint density at radius 2 is 2.00 bits per heavy atom. The number of aromatic nitrogens is 2. The lowest BCUT2D eigenvalue weighted by molar-refractivity contribution is 0.135. The van der Waals surface area contributed by atoms with Crippen molar-refractivity contribution in [2.24, 2.45) is 0 Å². The van der Waals surface area contributed by atoms with Gasteiger partial charge >= 0.3 is 0 Å². The molecule has 1 saturated heterocycles. The van der Waals surface area contributed by atoms with Crippen LogP contribution in [0.3, 0.4) is 0 Å². The third-order valence-electron chi connectivity index (χ3n) is 4.71. The summed E-state index contributed by atoms with van der Waals surface area (Å²) in [4.78, 5) is 13.5. The van der Waals surface area contributed by atoms with Crippen molar-refractivity contribution < 1.29 is 5.11 Å². The lowest BCUT2D eigenvalue weighted by atomic mass is 10.1. The fourth-order valence-corrected chi connectivity index (χ4v) is 3.44. The molecule has 0 unspecified atom stereocenters. The SMILES string of the molecule is CC(C)Nc1cc(N2CCN(Cc3ccccc3)[C@H](CCO)C2)ncn1. The lowest BCUT2D eigenvalue weighted by Gasteiger charge is -2.42. The standard InChI is InChI=1S/C20H29N5O/c1-16(2)23-19-12-20(22-15-21-19)25-10-9-24(18(14-25)8-11-26)13-17-6-4-3-5-7-17/h3-7,12,15-16,18,26H,8-11,13-14H2,1-2H3,(H,21,22,23)/t18-/m1/s1. The topological polar surface area (TPSA) is 64.5 Å². The van der Waals surface area contributed by atoms with E-state index >= 15 is 0 Å². The molecule has 2 aromatic rings. The number of nitrogens with one attached hydrogen (secondary N) is 1. The van der Waals surface area contributed by atoms with Crippen molar-refractivity contribution in [1.29, 1.82) is 0 Å². The second kappa shape index (κ2) is 8.96. The van der Waals surface area contributed by atoms with Gasteiger partial charge in [-0.15, -0.1) is 0 Å². The molecule has 2 heterocycles. The Labute approximate surface area is 155 Å². The number of piperazine rings is 1. The van der Waals surface area contributed by atoms with Gasteiger partial charge in [0.15, 0.2) is 0 Å². The Balaban J connectivity index is 1.69. The maximum atomic E-state index is 9.52. The summed E-state index contributed by atoms with van der Waals surface area (Å²) in [7, 11) is 0. The Kier molecular flexibility index (Phi) is 6.41. The van der Waals surface area contributed by atoms with Crippen LogP contribution in [0, 0.1) is 0 Å². The number of nitrogens with zero attached hydrogens (tertiary/aromatic N) is 4. The zero-order valence-corrected chi connectivity index (χ0v) is 15.7. The second-order valence-electron chi connectivity index (χ2n) is 7.13. The van der Waals surface area contributed by atoms with E-state index in [-0.39, 0.29) is 6.61 Å². The van der Waals surface area contributed by atoms with E-state index in [0.717, 1.165) is 44.2 Å². The van der Waals surface area contributed by atoms with Crippen molar-refractivity contribution in [2.45, 2.75) is 38.9 Å². The molecule has 1 aromatic carbocycles. The highest BCUT2D eigenvalue weighted by Crippen LogP contribution is 2.22. The maximum Gasteiger partial charge on any atom is 0.134 e. The molecule has 0 amide bonds. The van der Waals surface area contributed by atoms with Crippen LogP contribution in [-0.4, -0.2) is 58.3 Å². The highest BCUT2D eigenvalue weighted by molar-refractivity contribution is 5.49. The van der Waals surface area contributed by atoms with Gasteiger partial charge in [-0.25, -0.2) is 9.97 Å². The van der Waals surface area contributed by atoms with Gasteiger partial charge in [-0.1, -0.05) is 30.3 Å². The zero-order valence-electron chi connectivity index (χ0n) is 15.7. The summed E-state index contributed by atoms with van der Waals surface area (Å²) in [6.45, 7) is 8.06. The molecule has 1 aliphatic heterocycles. The van der Waals surface area contributed by atoms with E-state index in [1.165, 1.54) is 5.56 Å². The minimum Gasteiger partial charge on any atom is -0.396 e. The first kappa shape index (κ1) is 18.6. The molecule has 6 nitrogen and oxygen atoms in total. The predicted octanol–water partition coefficient (Wildman–Crippen LogP) is 2.37. The molecule has 0 spiro atoms. The molecule has 1 aliphatic rings. The molecule has 0 bridgehead atoms. The number of aliphatic hydroxyl groups excluding tert-OH is 1. The molecule has 3 rings (SSSR count). The molecule has 1 fully saturated rings. The predicted molar refractivity (Wildman–Crippen MR) is 105 cm³/mol. The van der Waals surface area contributed by atoms with Gasteiger partial charge in [-0.3, -0.25) is 4.90 Å². The summed E-state index contributed by atoms with van der Waals surface area (Å²) in [5.74, 6) is 1.81. The molecule has 1 atom stereocenters. The van der Waals surface area contributed by atoms with E-state index < -0.39 is 0 Å². The van der Waals surface area contributed by atoms with Crippen molar-refractivity contribution in [3.63, 3.8) is 0 Å². The van der Waals surface area contributed by atoms with Crippen LogP contribution in [-0.2, 0) is 6.54 Å². The number of anilines is 2. The van der Waals surface area contributed by atoms with Crippen molar-refractivity contribution in [2.75, 3.05) is 36.5 Å². The third-order valence-corrected chi connectivity index (χ3v) is 4.71. The van der Waals surface area contributed by atoms with E-state index in [1.807, 2.05) is 12.1 Å². The molecule has 0 saturated carbocycles. The van der Waals surface area contributed by atoms with Gasteiger partial charge in [0.1, 0.15) is 18.0 Å². The third kappa shape index (κ3) is 4.93. The smallest absolute Gasteiger partial charge is 0.134 e. The summed E-state index contributed by atoms with van der Waals surface area (Å²) in [6, 6.07) is 13.2. The van der Waals surface area contributed by atoms with E-state index in [2.05, 4.69) is 63.2 Å². The number of benzene rings is 1. The fourth-order valence-electron chi connectivity index (χ4n) is 3.44. The van der Waals surface area contributed by atoms with Gasteiger partial charge in [-0.05, 0) is 25.8 Å². The number of hydrogen-bond donors (Lipinski definition) is 2. The average molecular weight is 355 g/mol. The molecule has 1 aromatic heterocycles. The Morgan fingerprint density at radius 3 is 2.73 bits per heavy atom. The average Bonchev–Trinajstić information content (AvgIpc) is 2.64. The Hall–Kier alpha value is -2.18. The summed E-state index contributed by atoms with van der Waals surface area (Å²) >= 11 is 0. The van der Waals surface area contributed by atoms with Crippen LogP contribution in [0.2, 0.25) is 0 Å². The molecule has 2 N–H and O–H groups in total. The van der Waals surface area contributed by atoms with E-state index in [0.29, 0.717) is 12.1 Å². The van der Waals surface area contributed by atoms with Crippen LogP contribution in [0.25, 0.3) is 0 Å². The molecule has 0 radical (unpaired) electrons. The summed E-state index contributed by atoms with van der Waals surface area (Å²) in [6.07, 6.45) is 2.39. The lowest BCUT2D eigenvalue weighted by Crippen LogP contribution is -2.53. The molecular formula is C20H29N5O. The summed E-state index contributed by atoms with van der Waals surface area (Å²) in [5, 5.41) is 12.9. The van der Waals surface area contributed by atoms with Crippen LogP contribution in [0.5, 0.6) is 0 Å². The maximum absolute atomic E-state index is 9.52. The Bertz CT molecular complexity index is 679. The number of rotatable bonds is 7. The summed E-state index contributed by atoms with van der Waals surface area (Å²) in [5.41, 5.74) is 1.31. The van der Waals surface area contributed by atoms with Crippen molar-refractivity contribution in [1.82, 2.24) is 14.9 Å². The van der Waals surface area contributed by atoms with Gasteiger partial charge in [0.25, 0.3) is 0 Å². The van der Waals surface area contributed by atoms with Crippen LogP contribution < -0.4 is 10.2 Å². The monoisotopic (exact) mass is 355 g/mol. The van der Waals surface area contributed by atoms with Crippen LogP contribution in [0.15, 0.2) is 42.7 Å². The van der Waals surface area contributed by atoms with Crippen molar-refractivity contribution >= 4 is 11.6 Å². The van der Waals surface area contributed by atoms with Crippen molar-refractivity contribution in [3.05, 3.63) is 48.3 Å². The van der Waals surface area contributed by atoms with Crippen molar-refractivity contribution in [3.8, 4) is 0 Å². The molecular weight excluding hydrogens is 326 g/mol. The van der Waals surface area contributed by atoms with Gasteiger partial charge in [0.05, 0.1) is 0 Å². The Morgan fingerprint density at radius 1 is 1.19 bits per heavy atom. The molecule has 6 heteroatoms. The van der Waals surface area contributed by atoms with E-state index in [9.17, 15) is 5.11 Å². The van der Waals surface area contributed by atoms with Crippen LogP contribution >= 0.6 is 0 Å². The molecule has 140 valence electrons. The van der Waals surface area contributed by atoms with E-state index in [1.54, 1.807) is 6.33 Å². The first-order valence-electron chi connectivity index (χ1n) is 9.38. The van der Waals surface area contributed by atoms with Gasteiger partial charge in [-0.2, -0.15) is 0 Å². The minimum absolute atomic E-state index is 0.202. The first-order chi connectivity index (χ1) is 12.7. The second-order valence-corrected chi connectivity index (χ2v) is 7.13. The van der Waals surface area contributed by atoms with Crippen LogP contribution in [0.1, 0.15) is 25.8 Å². The number of aliphatic hydroxyl groups is 1. The fraction of sp³-hybridized carbons (Fsp3) is 0.500. The van der Waals surface area contributed by atoms with Crippen LogP contribution in [0.4, 0.5) is 11.6 Å². The van der Waals surface area contributed by atoms with E-state index in [4.69, 9.17) is 0 Å². The minimum atomic E-state index is 0.202. The van der Waals surface area contributed by atoms with Gasteiger partial charge in [0, 0.05) is 50.9 Å². The summed E-state index contributed by atoms with van der Waals surface area (Å²) < 4.78 is 0. The largest absolute Gasteiger partial charge is 0.396 e. The number of hydrogen-bond acceptors (Lipinski definition) is 6. The zero-order chi connectivity index (χ0) is 18.4. The highest BCUT2D eigenvalue weighted by Gasteiger charge is 2.27.